The monoisotopic (exact) mass is 386 g/mol. The number of aromatic nitrogens is 2. The van der Waals surface area contributed by atoms with Crippen molar-refractivity contribution in [3.8, 4) is 5.75 Å². The first-order chi connectivity index (χ1) is 13.3. The van der Waals surface area contributed by atoms with Crippen LogP contribution in [0, 0.1) is 5.82 Å². The van der Waals surface area contributed by atoms with Gasteiger partial charge in [-0.05, 0) is 53.8 Å². The maximum atomic E-state index is 13.6. The van der Waals surface area contributed by atoms with E-state index in [9.17, 15) is 4.39 Å². The third-order valence-corrected chi connectivity index (χ3v) is 6.11. The third kappa shape index (κ3) is 3.89. The minimum atomic E-state index is -0.166. The lowest BCUT2D eigenvalue weighted by atomic mass is 10.0. The Labute approximate surface area is 162 Å². The number of fused-ring (bicyclic) bond motifs is 1. The van der Waals surface area contributed by atoms with Crippen LogP contribution in [0.1, 0.15) is 18.4 Å². The Morgan fingerprint density at radius 3 is 3.22 bits per heavy atom. The summed E-state index contributed by atoms with van der Waals surface area (Å²) in [7, 11) is 1.65. The zero-order chi connectivity index (χ0) is 18.6. The molecular formula is C20H23FN4OS. The molecule has 142 valence electrons. The third-order valence-electron chi connectivity index (χ3n) is 5.10. The second kappa shape index (κ2) is 8.19. The molecule has 5 nitrogen and oxygen atoms in total. The SMILES string of the molecule is COc1cncnc1N1CCNCC1CCCc1csc2ccc(F)cc12. The highest BCUT2D eigenvalue weighted by Crippen LogP contribution is 2.30. The summed E-state index contributed by atoms with van der Waals surface area (Å²) in [5, 5.41) is 6.69. The van der Waals surface area contributed by atoms with E-state index in [0.29, 0.717) is 11.8 Å². The summed E-state index contributed by atoms with van der Waals surface area (Å²) in [4.78, 5) is 10.8. The molecule has 3 aromatic rings. The lowest BCUT2D eigenvalue weighted by molar-refractivity contribution is 0.397. The summed E-state index contributed by atoms with van der Waals surface area (Å²) in [5.74, 6) is 1.41. The minimum absolute atomic E-state index is 0.166. The van der Waals surface area contributed by atoms with E-state index >= 15 is 0 Å². The van der Waals surface area contributed by atoms with Crippen molar-refractivity contribution in [2.75, 3.05) is 31.6 Å². The topological polar surface area (TPSA) is 50.3 Å². The number of aryl methyl sites for hydroxylation is 1. The van der Waals surface area contributed by atoms with Crippen molar-refractivity contribution in [3.05, 3.63) is 47.5 Å². The van der Waals surface area contributed by atoms with Gasteiger partial charge in [0.25, 0.3) is 0 Å². The number of thiophene rings is 1. The van der Waals surface area contributed by atoms with Gasteiger partial charge in [-0.15, -0.1) is 11.3 Å². The molecule has 0 amide bonds. The molecule has 3 heterocycles. The standard InChI is InChI=1S/C20H23FN4OS/c1-26-18-11-23-13-24-20(18)25-8-7-22-10-16(25)4-2-3-14-12-27-19-6-5-15(21)9-17(14)19/h5-6,9,11-13,16,22H,2-4,7-8,10H2,1H3. The highest BCUT2D eigenvalue weighted by atomic mass is 32.1. The van der Waals surface area contributed by atoms with Gasteiger partial charge >= 0.3 is 0 Å². The first-order valence-electron chi connectivity index (χ1n) is 9.23. The molecule has 2 aromatic heterocycles. The number of benzene rings is 1. The number of piperazine rings is 1. The zero-order valence-electron chi connectivity index (χ0n) is 15.3. The fraction of sp³-hybridized carbons (Fsp3) is 0.400. The normalized spacial score (nSPS) is 17.4. The predicted octanol–water partition coefficient (Wildman–Crippen LogP) is 3.64. The Kier molecular flexibility index (Phi) is 5.50. The molecule has 1 saturated heterocycles. The van der Waals surface area contributed by atoms with E-state index in [-0.39, 0.29) is 5.82 Å². The van der Waals surface area contributed by atoms with Crippen LogP contribution in [-0.2, 0) is 6.42 Å². The van der Waals surface area contributed by atoms with Crippen LogP contribution in [0.5, 0.6) is 5.75 Å². The Bertz CT molecular complexity index is 916. The van der Waals surface area contributed by atoms with Gasteiger partial charge in [0.1, 0.15) is 12.1 Å². The number of halogens is 1. The number of methoxy groups -OCH3 is 1. The van der Waals surface area contributed by atoms with Gasteiger partial charge in [-0.25, -0.2) is 14.4 Å². The molecule has 1 aliphatic rings. The molecule has 27 heavy (non-hydrogen) atoms. The molecule has 1 aromatic carbocycles. The number of nitrogens with one attached hydrogen (secondary N) is 1. The maximum Gasteiger partial charge on any atom is 0.179 e. The van der Waals surface area contributed by atoms with Crippen LogP contribution >= 0.6 is 11.3 Å². The average Bonchev–Trinajstić information content (AvgIpc) is 3.10. The molecule has 4 rings (SSSR count). The van der Waals surface area contributed by atoms with Crippen molar-refractivity contribution in [2.45, 2.75) is 25.3 Å². The average molecular weight is 386 g/mol. The molecule has 1 aliphatic heterocycles. The fourth-order valence-corrected chi connectivity index (χ4v) is 4.72. The molecule has 0 bridgehead atoms. The summed E-state index contributed by atoms with van der Waals surface area (Å²) >= 11 is 1.69. The van der Waals surface area contributed by atoms with Crippen molar-refractivity contribution in [2.24, 2.45) is 0 Å². The summed E-state index contributed by atoms with van der Waals surface area (Å²) in [6.45, 7) is 2.74. The van der Waals surface area contributed by atoms with Crippen LogP contribution in [0.4, 0.5) is 10.2 Å². The van der Waals surface area contributed by atoms with E-state index in [0.717, 1.165) is 54.8 Å². The molecule has 0 radical (unpaired) electrons. The molecule has 0 spiro atoms. The Morgan fingerprint density at radius 1 is 1.41 bits per heavy atom. The summed E-state index contributed by atoms with van der Waals surface area (Å²) in [5.41, 5.74) is 1.24. The molecule has 1 N–H and O–H groups in total. The lowest BCUT2D eigenvalue weighted by Gasteiger charge is -2.37. The highest BCUT2D eigenvalue weighted by Gasteiger charge is 2.25. The molecule has 1 atom stereocenters. The summed E-state index contributed by atoms with van der Waals surface area (Å²) < 4.78 is 20.2. The van der Waals surface area contributed by atoms with Gasteiger partial charge in [-0.1, -0.05) is 0 Å². The number of rotatable bonds is 6. The minimum Gasteiger partial charge on any atom is -0.491 e. The molecule has 1 unspecified atom stereocenters. The second-order valence-corrected chi connectivity index (χ2v) is 7.67. The molecule has 7 heteroatoms. The maximum absolute atomic E-state index is 13.6. The number of hydrogen-bond donors (Lipinski definition) is 1. The number of ether oxygens (including phenoxy) is 1. The van der Waals surface area contributed by atoms with E-state index in [4.69, 9.17) is 4.74 Å². The first-order valence-corrected chi connectivity index (χ1v) is 10.1. The lowest BCUT2D eigenvalue weighted by Crippen LogP contribution is -2.51. The molecule has 1 fully saturated rings. The highest BCUT2D eigenvalue weighted by molar-refractivity contribution is 7.17. The smallest absolute Gasteiger partial charge is 0.179 e. The van der Waals surface area contributed by atoms with Crippen LogP contribution in [0.15, 0.2) is 36.1 Å². The van der Waals surface area contributed by atoms with Crippen molar-refractivity contribution in [3.63, 3.8) is 0 Å². The van der Waals surface area contributed by atoms with Crippen molar-refractivity contribution in [1.82, 2.24) is 15.3 Å². The van der Waals surface area contributed by atoms with Crippen LogP contribution in [0.25, 0.3) is 10.1 Å². The van der Waals surface area contributed by atoms with E-state index < -0.39 is 0 Å². The van der Waals surface area contributed by atoms with Crippen LogP contribution in [-0.4, -0.2) is 42.8 Å². The van der Waals surface area contributed by atoms with Crippen molar-refractivity contribution >= 4 is 27.2 Å². The van der Waals surface area contributed by atoms with Gasteiger partial charge in [0.15, 0.2) is 11.6 Å². The zero-order valence-corrected chi connectivity index (χ0v) is 16.1. The van der Waals surface area contributed by atoms with E-state index in [1.54, 1.807) is 37.0 Å². The van der Waals surface area contributed by atoms with Crippen LogP contribution < -0.4 is 15.0 Å². The quantitative estimate of drug-likeness (QED) is 0.701. The van der Waals surface area contributed by atoms with E-state index in [1.807, 2.05) is 6.07 Å². The largest absolute Gasteiger partial charge is 0.491 e. The van der Waals surface area contributed by atoms with E-state index in [2.05, 4.69) is 25.6 Å². The van der Waals surface area contributed by atoms with Crippen LogP contribution in [0.3, 0.4) is 0 Å². The number of anilines is 1. The van der Waals surface area contributed by atoms with Crippen molar-refractivity contribution in [1.29, 1.82) is 0 Å². The predicted molar refractivity (Wildman–Crippen MR) is 107 cm³/mol. The fourth-order valence-electron chi connectivity index (χ4n) is 3.74. The molecular weight excluding hydrogens is 363 g/mol. The van der Waals surface area contributed by atoms with Gasteiger partial charge in [-0.3, -0.25) is 0 Å². The van der Waals surface area contributed by atoms with Crippen LogP contribution in [0.2, 0.25) is 0 Å². The van der Waals surface area contributed by atoms with Crippen molar-refractivity contribution < 1.29 is 9.13 Å². The van der Waals surface area contributed by atoms with Gasteiger partial charge in [-0.2, -0.15) is 0 Å². The Balaban J connectivity index is 1.45. The Morgan fingerprint density at radius 2 is 2.33 bits per heavy atom. The summed E-state index contributed by atoms with van der Waals surface area (Å²) in [6, 6.07) is 5.40. The van der Waals surface area contributed by atoms with Gasteiger partial charge in [0.05, 0.1) is 13.3 Å². The number of hydrogen-bond acceptors (Lipinski definition) is 6. The molecule has 0 saturated carbocycles. The first kappa shape index (κ1) is 18.1. The van der Waals surface area contributed by atoms with Gasteiger partial charge < -0.3 is 15.0 Å². The Hall–Kier alpha value is -2.25. The van der Waals surface area contributed by atoms with Gasteiger partial charge in [0, 0.05) is 30.4 Å². The second-order valence-electron chi connectivity index (χ2n) is 6.76. The number of nitrogens with zero attached hydrogens (tertiary/aromatic N) is 3. The van der Waals surface area contributed by atoms with Gasteiger partial charge in [0.2, 0.25) is 0 Å². The summed E-state index contributed by atoms with van der Waals surface area (Å²) in [6.07, 6.45) is 6.32. The molecule has 0 aliphatic carbocycles. The van der Waals surface area contributed by atoms with E-state index in [1.165, 1.54) is 11.6 Å².